The fourth-order valence-corrected chi connectivity index (χ4v) is 3.03. The van der Waals surface area contributed by atoms with Crippen molar-refractivity contribution >= 4 is 11.3 Å². The third-order valence-electron chi connectivity index (χ3n) is 3.31. The van der Waals surface area contributed by atoms with Gasteiger partial charge in [0, 0.05) is 35.5 Å². The third kappa shape index (κ3) is 5.21. The molecule has 114 valence electrons. The van der Waals surface area contributed by atoms with Gasteiger partial charge in [0.05, 0.1) is 5.01 Å². The fraction of sp³-hybridized carbons (Fsp3) is 0.471. The lowest BCUT2D eigenvalue weighted by Gasteiger charge is -2.25. The van der Waals surface area contributed by atoms with Gasteiger partial charge in [0.25, 0.3) is 0 Å². The average molecular weight is 306 g/mol. The molecule has 1 aromatic heterocycles. The number of nitrogens with zero attached hydrogens (tertiary/aromatic N) is 1. The number of halogens is 1. The Balaban J connectivity index is 2.15. The van der Waals surface area contributed by atoms with Crippen molar-refractivity contribution < 1.29 is 4.39 Å². The van der Waals surface area contributed by atoms with Crippen molar-refractivity contribution in [3.63, 3.8) is 0 Å². The van der Waals surface area contributed by atoms with Gasteiger partial charge in [-0.2, -0.15) is 0 Å². The first-order valence-corrected chi connectivity index (χ1v) is 8.13. The van der Waals surface area contributed by atoms with Crippen molar-refractivity contribution in [3.05, 3.63) is 51.7 Å². The first-order valence-electron chi connectivity index (χ1n) is 7.25. The van der Waals surface area contributed by atoms with Gasteiger partial charge in [0.2, 0.25) is 0 Å². The zero-order chi connectivity index (χ0) is 15.5. The van der Waals surface area contributed by atoms with E-state index in [2.05, 4.69) is 36.5 Å². The molecule has 21 heavy (non-hydrogen) atoms. The molecule has 0 aliphatic heterocycles. The number of aryl methyl sites for hydroxylation is 1. The molecule has 0 amide bonds. The van der Waals surface area contributed by atoms with Gasteiger partial charge in [-0.1, -0.05) is 12.1 Å². The zero-order valence-corrected chi connectivity index (χ0v) is 13.9. The second-order valence-electron chi connectivity index (χ2n) is 6.47. The van der Waals surface area contributed by atoms with E-state index in [4.69, 9.17) is 0 Å². The zero-order valence-electron chi connectivity index (χ0n) is 13.1. The SMILES string of the molecule is Cc1csc(CC(CNC(C)(C)C)c2ccc(F)cc2)n1. The van der Waals surface area contributed by atoms with Gasteiger partial charge in [0.15, 0.2) is 0 Å². The molecule has 1 atom stereocenters. The number of benzene rings is 1. The summed E-state index contributed by atoms with van der Waals surface area (Å²) in [5, 5.41) is 6.76. The van der Waals surface area contributed by atoms with Crippen LogP contribution < -0.4 is 5.32 Å². The Morgan fingerprint density at radius 2 is 1.90 bits per heavy atom. The van der Waals surface area contributed by atoms with E-state index in [0.717, 1.165) is 29.2 Å². The first kappa shape index (κ1) is 16.1. The minimum absolute atomic E-state index is 0.0665. The predicted octanol–water partition coefficient (Wildman–Crippen LogP) is 4.31. The van der Waals surface area contributed by atoms with Gasteiger partial charge in [-0.3, -0.25) is 0 Å². The summed E-state index contributed by atoms with van der Waals surface area (Å²) >= 11 is 1.70. The Morgan fingerprint density at radius 3 is 2.43 bits per heavy atom. The van der Waals surface area contributed by atoms with Crippen LogP contribution in [0.2, 0.25) is 0 Å². The lowest BCUT2D eigenvalue weighted by molar-refractivity contribution is 0.404. The molecule has 0 aliphatic rings. The Bertz CT molecular complexity index is 569. The Morgan fingerprint density at radius 1 is 1.24 bits per heavy atom. The van der Waals surface area contributed by atoms with E-state index >= 15 is 0 Å². The second-order valence-corrected chi connectivity index (χ2v) is 7.41. The predicted molar refractivity (Wildman–Crippen MR) is 87.5 cm³/mol. The van der Waals surface area contributed by atoms with Crippen LogP contribution in [0.1, 0.15) is 43.0 Å². The van der Waals surface area contributed by atoms with E-state index in [0.29, 0.717) is 5.92 Å². The van der Waals surface area contributed by atoms with Crippen LogP contribution in [-0.4, -0.2) is 17.1 Å². The minimum atomic E-state index is -0.189. The van der Waals surface area contributed by atoms with Crippen molar-refractivity contribution in [1.29, 1.82) is 0 Å². The van der Waals surface area contributed by atoms with Gasteiger partial charge in [-0.15, -0.1) is 11.3 Å². The van der Waals surface area contributed by atoms with Gasteiger partial charge < -0.3 is 5.32 Å². The van der Waals surface area contributed by atoms with Gasteiger partial charge in [-0.25, -0.2) is 9.37 Å². The number of thiazole rings is 1. The van der Waals surface area contributed by atoms with Crippen LogP contribution in [0.4, 0.5) is 4.39 Å². The Labute approximate surface area is 130 Å². The maximum Gasteiger partial charge on any atom is 0.123 e. The maximum atomic E-state index is 13.1. The monoisotopic (exact) mass is 306 g/mol. The van der Waals surface area contributed by atoms with Crippen LogP contribution in [0, 0.1) is 12.7 Å². The summed E-state index contributed by atoms with van der Waals surface area (Å²) in [6.45, 7) is 9.33. The quantitative estimate of drug-likeness (QED) is 0.890. The fourth-order valence-electron chi connectivity index (χ4n) is 2.18. The number of aromatic nitrogens is 1. The lowest BCUT2D eigenvalue weighted by Crippen LogP contribution is -2.39. The molecule has 1 heterocycles. The second kappa shape index (κ2) is 6.67. The highest BCUT2D eigenvalue weighted by molar-refractivity contribution is 7.09. The molecule has 4 heteroatoms. The van der Waals surface area contributed by atoms with Crippen molar-refractivity contribution in [2.75, 3.05) is 6.54 Å². The summed E-state index contributed by atoms with van der Waals surface area (Å²) in [6, 6.07) is 6.83. The number of hydrogen-bond donors (Lipinski definition) is 1. The highest BCUT2D eigenvalue weighted by Gasteiger charge is 2.18. The molecule has 0 radical (unpaired) electrons. The minimum Gasteiger partial charge on any atom is -0.311 e. The van der Waals surface area contributed by atoms with Crippen LogP contribution in [0.15, 0.2) is 29.6 Å². The van der Waals surface area contributed by atoms with Crippen LogP contribution in [0.5, 0.6) is 0 Å². The molecule has 0 bridgehead atoms. The van der Waals surface area contributed by atoms with Gasteiger partial charge >= 0.3 is 0 Å². The van der Waals surface area contributed by atoms with E-state index < -0.39 is 0 Å². The van der Waals surface area contributed by atoms with Crippen molar-refractivity contribution in [1.82, 2.24) is 10.3 Å². The third-order valence-corrected chi connectivity index (χ3v) is 4.30. The normalized spacial score (nSPS) is 13.4. The number of rotatable bonds is 5. The average Bonchev–Trinajstić information content (AvgIpc) is 2.80. The summed E-state index contributed by atoms with van der Waals surface area (Å²) in [4.78, 5) is 4.55. The van der Waals surface area contributed by atoms with Crippen molar-refractivity contribution in [2.45, 2.75) is 45.6 Å². The highest BCUT2D eigenvalue weighted by Crippen LogP contribution is 2.23. The largest absolute Gasteiger partial charge is 0.311 e. The standard InChI is InChI=1S/C17H23FN2S/c1-12-11-21-16(20-12)9-14(10-19-17(2,3)4)13-5-7-15(18)8-6-13/h5-8,11,14,19H,9-10H2,1-4H3. The van der Waals surface area contributed by atoms with Gasteiger partial charge in [0.1, 0.15) is 5.82 Å². The molecule has 1 N–H and O–H groups in total. The summed E-state index contributed by atoms with van der Waals surface area (Å²) < 4.78 is 13.1. The molecule has 0 aliphatic carbocycles. The summed E-state index contributed by atoms with van der Waals surface area (Å²) in [6.07, 6.45) is 0.882. The molecule has 0 fully saturated rings. The highest BCUT2D eigenvalue weighted by atomic mass is 32.1. The smallest absolute Gasteiger partial charge is 0.123 e. The van der Waals surface area contributed by atoms with Crippen LogP contribution in [-0.2, 0) is 6.42 Å². The van der Waals surface area contributed by atoms with Crippen LogP contribution in [0.25, 0.3) is 0 Å². The number of hydrogen-bond acceptors (Lipinski definition) is 3. The lowest BCUT2D eigenvalue weighted by atomic mass is 9.94. The Kier molecular flexibility index (Phi) is 5.12. The molecular weight excluding hydrogens is 283 g/mol. The van der Waals surface area contributed by atoms with E-state index in [1.807, 2.05) is 19.1 Å². The van der Waals surface area contributed by atoms with Crippen LogP contribution in [0.3, 0.4) is 0 Å². The van der Waals surface area contributed by atoms with E-state index in [9.17, 15) is 4.39 Å². The van der Waals surface area contributed by atoms with Gasteiger partial charge in [-0.05, 0) is 45.4 Å². The van der Waals surface area contributed by atoms with E-state index in [1.54, 1.807) is 11.3 Å². The molecule has 0 spiro atoms. The van der Waals surface area contributed by atoms with E-state index in [-0.39, 0.29) is 11.4 Å². The first-order chi connectivity index (χ1) is 9.83. The van der Waals surface area contributed by atoms with E-state index in [1.165, 1.54) is 12.1 Å². The molecule has 0 saturated carbocycles. The number of nitrogens with one attached hydrogen (secondary N) is 1. The summed E-state index contributed by atoms with van der Waals surface area (Å²) in [7, 11) is 0. The summed E-state index contributed by atoms with van der Waals surface area (Å²) in [5.74, 6) is 0.113. The molecule has 2 nitrogen and oxygen atoms in total. The van der Waals surface area contributed by atoms with Crippen molar-refractivity contribution in [2.24, 2.45) is 0 Å². The molecule has 0 saturated heterocycles. The molecule has 1 unspecified atom stereocenters. The molecule has 2 aromatic rings. The summed E-state index contributed by atoms with van der Waals surface area (Å²) in [5.41, 5.74) is 2.29. The maximum absolute atomic E-state index is 13.1. The molecular formula is C17H23FN2S. The molecule has 2 rings (SSSR count). The van der Waals surface area contributed by atoms with Crippen molar-refractivity contribution in [3.8, 4) is 0 Å². The molecule has 1 aromatic carbocycles. The Hall–Kier alpha value is -1.26. The topological polar surface area (TPSA) is 24.9 Å². The van der Waals surface area contributed by atoms with Crippen LogP contribution >= 0.6 is 11.3 Å².